The van der Waals surface area contributed by atoms with Crippen molar-refractivity contribution in [2.45, 2.75) is 66.0 Å². The summed E-state index contributed by atoms with van der Waals surface area (Å²) in [5.74, 6) is -0.200. The standard InChI is InChI=1S/C22H27NO6/c1-12-10-16-18(13(2)14(3)19(24)27-16)17(11-12)28-20(25)15-8-7-9-23(15)21(26)29-22(4,5)6/h10-11,15H,7-9H2,1-6H3/t15-/m1/s1. The van der Waals surface area contributed by atoms with Crippen molar-refractivity contribution in [1.29, 1.82) is 0 Å². The number of fused-ring (bicyclic) bond motifs is 1. The maximum absolute atomic E-state index is 12.9. The predicted molar refractivity (Wildman–Crippen MR) is 108 cm³/mol. The van der Waals surface area contributed by atoms with E-state index >= 15 is 0 Å². The molecule has 2 heterocycles. The molecule has 2 aromatic rings. The normalized spacial score (nSPS) is 16.9. The predicted octanol–water partition coefficient (Wildman–Crippen LogP) is 4.02. The number of ether oxygens (including phenoxy) is 2. The van der Waals surface area contributed by atoms with Crippen LogP contribution in [0.4, 0.5) is 4.79 Å². The van der Waals surface area contributed by atoms with Gasteiger partial charge >= 0.3 is 17.7 Å². The second-order valence-corrected chi connectivity index (χ2v) is 8.53. The fraction of sp³-hybridized carbons (Fsp3) is 0.500. The lowest BCUT2D eigenvalue weighted by Crippen LogP contribution is -2.44. The maximum atomic E-state index is 12.9. The van der Waals surface area contributed by atoms with Crippen molar-refractivity contribution >= 4 is 23.0 Å². The molecule has 7 heteroatoms. The highest BCUT2D eigenvalue weighted by atomic mass is 16.6. The largest absolute Gasteiger partial charge is 0.444 e. The average molecular weight is 401 g/mol. The summed E-state index contributed by atoms with van der Waals surface area (Å²) < 4.78 is 16.5. The molecule has 0 bridgehead atoms. The smallest absolute Gasteiger partial charge is 0.411 e. The molecule has 1 aliphatic heterocycles. The van der Waals surface area contributed by atoms with Gasteiger partial charge in [0, 0.05) is 12.1 Å². The van der Waals surface area contributed by atoms with Crippen LogP contribution in [-0.2, 0) is 9.53 Å². The van der Waals surface area contributed by atoms with E-state index in [9.17, 15) is 14.4 Å². The van der Waals surface area contributed by atoms with Crippen LogP contribution in [0, 0.1) is 20.8 Å². The van der Waals surface area contributed by atoms with Crippen LogP contribution < -0.4 is 10.4 Å². The van der Waals surface area contributed by atoms with Gasteiger partial charge in [-0.3, -0.25) is 4.90 Å². The Labute approximate surface area is 169 Å². The van der Waals surface area contributed by atoms with Gasteiger partial charge in [-0.2, -0.15) is 0 Å². The fourth-order valence-corrected chi connectivity index (χ4v) is 3.50. The van der Waals surface area contributed by atoms with Gasteiger partial charge in [0.25, 0.3) is 0 Å². The fourth-order valence-electron chi connectivity index (χ4n) is 3.50. The summed E-state index contributed by atoms with van der Waals surface area (Å²) in [6.45, 7) is 11.1. The number of aryl methyl sites for hydroxylation is 2. The highest BCUT2D eigenvalue weighted by Gasteiger charge is 2.38. The first-order valence-corrected chi connectivity index (χ1v) is 9.74. The summed E-state index contributed by atoms with van der Waals surface area (Å²) in [6.07, 6.45) is 0.680. The Hall–Kier alpha value is -2.83. The van der Waals surface area contributed by atoms with Crippen molar-refractivity contribution in [3.05, 3.63) is 39.2 Å². The van der Waals surface area contributed by atoms with Gasteiger partial charge in [0.1, 0.15) is 23.0 Å². The second kappa shape index (κ2) is 7.54. The molecule has 0 spiro atoms. The van der Waals surface area contributed by atoms with Crippen molar-refractivity contribution < 1.29 is 23.5 Å². The van der Waals surface area contributed by atoms with Gasteiger partial charge in [-0.05, 0) is 77.6 Å². The van der Waals surface area contributed by atoms with Crippen LogP contribution in [0.1, 0.15) is 50.3 Å². The summed E-state index contributed by atoms with van der Waals surface area (Å²) in [5.41, 5.74) is 1.28. The summed E-state index contributed by atoms with van der Waals surface area (Å²) in [4.78, 5) is 38.9. The van der Waals surface area contributed by atoms with Crippen molar-refractivity contribution in [1.82, 2.24) is 4.90 Å². The van der Waals surface area contributed by atoms with Crippen LogP contribution in [0.25, 0.3) is 11.0 Å². The van der Waals surface area contributed by atoms with Crippen molar-refractivity contribution in [2.75, 3.05) is 6.54 Å². The van der Waals surface area contributed by atoms with Gasteiger partial charge in [-0.25, -0.2) is 14.4 Å². The molecular formula is C22H27NO6. The van der Waals surface area contributed by atoms with Crippen LogP contribution in [0.15, 0.2) is 21.3 Å². The number of benzene rings is 1. The topological polar surface area (TPSA) is 86.0 Å². The van der Waals surface area contributed by atoms with Gasteiger partial charge in [-0.1, -0.05) is 0 Å². The summed E-state index contributed by atoms with van der Waals surface area (Å²) in [6, 6.07) is 2.76. The first-order chi connectivity index (χ1) is 13.5. The number of carbonyl (C=O) groups is 2. The molecule has 1 saturated heterocycles. The van der Waals surface area contributed by atoms with Gasteiger partial charge in [-0.15, -0.1) is 0 Å². The SMILES string of the molecule is Cc1cc(OC(=O)[C@H]2CCCN2C(=O)OC(C)(C)C)c2c(C)c(C)c(=O)oc2c1. The number of hydrogen-bond acceptors (Lipinski definition) is 6. The molecule has 7 nitrogen and oxygen atoms in total. The third-order valence-corrected chi connectivity index (χ3v) is 5.02. The lowest BCUT2D eigenvalue weighted by molar-refractivity contribution is -0.139. The maximum Gasteiger partial charge on any atom is 0.411 e. The number of likely N-dealkylation sites (tertiary alicyclic amines) is 1. The molecule has 0 radical (unpaired) electrons. The number of rotatable bonds is 2. The minimum absolute atomic E-state index is 0.324. The van der Waals surface area contributed by atoms with E-state index in [1.807, 2.05) is 6.92 Å². The second-order valence-electron chi connectivity index (χ2n) is 8.53. The van der Waals surface area contributed by atoms with Crippen molar-refractivity contribution in [3.63, 3.8) is 0 Å². The highest BCUT2D eigenvalue weighted by molar-refractivity contribution is 5.92. The van der Waals surface area contributed by atoms with E-state index in [0.29, 0.717) is 47.2 Å². The van der Waals surface area contributed by atoms with Crippen molar-refractivity contribution in [2.24, 2.45) is 0 Å². The third-order valence-electron chi connectivity index (χ3n) is 5.02. The Morgan fingerprint density at radius 1 is 1.14 bits per heavy atom. The Kier molecular flexibility index (Phi) is 5.43. The molecule has 0 unspecified atom stereocenters. The average Bonchev–Trinajstić information content (AvgIpc) is 3.07. The first-order valence-electron chi connectivity index (χ1n) is 9.74. The lowest BCUT2D eigenvalue weighted by Gasteiger charge is -2.27. The zero-order valence-corrected chi connectivity index (χ0v) is 17.8. The van der Waals surface area contributed by atoms with Crippen molar-refractivity contribution in [3.8, 4) is 5.75 Å². The van der Waals surface area contributed by atoms with Gasteiger partial charge in [0.15, 0.2) is 0 Å². The number of carbonyl (C=O) groups excluding carboxylic acids is 2. The summed E-state index contributed by atoms with van der Waals surface area (Å²) in [5, 5.41) is 0.586. The molecule has 3 rings (SSSR count). The summed E-state index contributed by atoms with van der Waals surface area (Å²) in [7, 11) is 0. The van der Waals surface area contributed by atoms with Crippen LogP contribution in [-0.4, -0.2) is 35.2 Å². The Morgan fingerprint density at radius 2 is 1.83 bits per heavy atom. The van der Waals surface area contributed by atoms with E-state index in [2.05, 4.69) is 0 Å². The Morgan fingerprint density at radius 3 is 2.48 bits per heavy atom. The molecule has 1 aliphatic rings. The van der Waals surface area contributed by atoms with E-state index in [-0.39, 0.29) is 0 Å². The molecule has 0 saturated carbocycles. The van der Waals surface area contributed by atoms with E-state index < -0.39 is 29.3 Å². The quantitative estimate of drug-likeness (QED) is 0.429. The Balaban J connectivity index is 1.92. The summed E-state index contributed by atoms with van der Waals surface area (Å²) >= 11 is 0. The molecule has 1 fully saturated rings. The van der Waals surface area contributed by atoms with Crippen LogP contribution in [0.5, 0.6) is 5.75 Å². The lowest BCUT2D eigenvalue weighted by atomic mass is 10.0. The number of nitrogens with zero attached hydrogens (tertiary/aromatic N) is 1. The van der Waals surface area contributed by atoms with E-state index in [1.165, 1.54) is 4.90 Å². The monoisotopic (exact) mass is 401 g/mol. The molecule has 1 amide bonds. The third kappa shape index (κ3) is 4.28. The zero-order valence-electron chi connectivity index (χ0n) is 17.8. The van der Waals surface area contributed by atoms with E-state index in [1.54, 1.807) is 46.8 Å². The van der Waals surface area contributed by atoms with Gasteiger partial charge < -0.3 is 13.9 Å². The molecular weight excluding hydrogens is 374 g/mol. The molecule has 29 heavy (non-hydrogen) atoms. The van der Waals surface area contributed by atoms with E-state index in [0.717, 1.165) is 5.56 Å². The molecule has 0 aliphatic carbocycles. The highest BCUT2D eigenvalue weighted by Crippen LogP contribution is 2.32. The Bertz CT molecular complexity index is 1030. The zero-order chi connectivity index (χ0) is 21.5. The van der Waals surface area contributed by atoms with Crippen LogP contribution in [0.2, 0.25) is 0 Å². The van der Waals surface area contributed by atoms with Crippen LogP contribution in [0.3, 0.4) is 0 Å². The number of hydrogen-bond donors (Lipinski definition) is 0. The molecule has 156 valence electrons. The molecule has 1 aromatic heterocycles. The molecule has 0 N–H and O–H groups in total. The minimum Gasteiger partial charge on any atom is -0.444 e. The first kappa shape index (κ1) is 20.9. The number of amides is 1. The van der Waals surface area contributed by atoms with Gasteiger partial charge in [0.2, 0.25) is 0 Å². The molecule has 1 aromatic carbocycles. The molecule has 1 atom stereocenters. The van der Waals surface area contributed by atoms with Gasteiger partial charge in [0.05, 0.1) is 5.39 Å². The van der Waals surface area contributed by atoms with E-state index in [4.69, 9.17) is 13.9 Å². The van der Waals surface area contributed by atoms with Crippen LogP contribution >= 0.6 is 0 Å². The number of esters is 1. The minimum atomic E-state index is -0.711.